The molecule has 0 aliphatic carbocycles. The molecule has 3 rings (SSSR count). The van der Waals surface area contributed by atoms with Gasteiger partial charge in [-0.15, -0.1) is 10.2 Å². The minimum absolute atomic E-state index is 0.126. The number of carbonyl (C=O) groups excluding carboxylic acids is 1. The minimum Gasteiger partial charge on any atom is -0.505 e. The third-order valence-corrected chi connectivity index (χ3v) is 5.59. The zero-order chi connectivity index (χ0) is 19.1. The van der Waals surface area contributed by atoms with E-state index >= 15 is 0 Å². The summed E-state index contributed by atoms with van der Waals surface area (Å²) in [4.78, 5) is 15.4. The average molecular weight is 391 g/mol. The molecule has 1 heterocycles. The highest BCUT2D eigenvalue weighted by atomic mass is 32.2. The summed E-state index contributed by atoms with van der Waals surface area (Å²) in [5.41, 5.74) is 0.0811. The number of thiazole rings is 1. The van der Waals surface area contributed by atoms with Crippen molar-refractivity contribution in [2.24, 2.45) is 10.2 Å². The van der Waals surface area contributed by atoms with Crippen molar-refractivity contribution in [2.75, 3.05) is 0 Å². The smallest absolute Gasteiger partial charge is 0.296 e. The lowest BCUT2D eigenvalue weighted by atomic mass is 10.1. The first kappa shape index (κ1) is 18.1. The Morgan fingerprint density at radius 1 is 1.23 bits per heavy atom. The number of phenolic OH excluding ortho intramolecular Hbond substituents is 1. The lowest BCUT2D eigenvalue weighted by Gasteiger charge is -2.08. The van der Waals surface area contributed by atoms with Crippen LogP contribution >= 0.6 is 11.3 Å². The number of azo groups is 1. The number of phenols is 1. The number of benzene rings is 2. The van der Waals surface area contributed by atoms with Gasteiger partial charge in [0.2, 0.25) is 5.13 Å². The molecule has 26 heavy (non-hydrogen) atoms. The number of aromatic hydroxyl groups is 1. The Kier molecular flexibility index (Phi) is 4.57. The lowest BCUT2D eigenvalue weighted by Crippen LogP contribution is -1.99. The maximum absolute atomic E-state index is 11.7. The Bertz CT molecular complexity index is 1170. The van der Waals surface area contributed by atoms with Crippen LogP contribution in [0.4, 0.5) is 10.8 Å². The number of fused-ring (bicyclic) bond motifs is 1. The van der Waals surface area contributed by atoms with E-state index in [0.29, 0.717) is 21.3 Å². The summed E-state index contributed by atoms with van der Waals surface area (Å²) in [7, 11) is -4.65. The summed E-state index contributed by atoms with van der Waals surface area (Å²) >= 11 is 0.995. The second-order valence-electron chi connectivity index (χ2n) is 5.44. The molecule has 8 nitrogen and oxygen atoms in total. The highest BCUT2D eigenvalue weighted by Gasteiger charge is 2.22. The zero-order valence-corrected chi connectivity index (χ0v) is 15.3. The molecule has 0 radical (unpaired) electrons. The van der Waals surface area contributed by atoms with Gasteiger partial charge < -0.3 is 5.11 Å². The Labute approximate surface area is 152 Å². The van der Waals surface area contributed by atoms with Gasteiger partial charge in [0.05, 0.1) is 10.6 Å². The van der Waals surface area contributed by atoms with E-state index in [0.717, 1.165) is 11.3 Å². The number of aromatic nitrogens is 1. The van der Waals surface area contributed by atoms with E-state index in [9.17, 15) is 22.9 Å². The highest BCUT2D eigenvalue weighted by Crippen LogP contribution is 2.41. The largest absolute Gasteiger partial charge is 0.505 e. The van der Waals surface area contributed by atoms with E-state index in [-0.39, 0.29) is 10.9 Å². The van der Waals surface area contributed by atoms with Crippen LogP contribution in [-0.2, 0) is 10.1 Å². The average Bonchev–Trinajstić information content (AvgIpc) is 2.94. The quantitative estimate of drug-likeness (QED) is 0.390. The number of rotatable bonds is 4. The molecule has 2 N–H and O–H groups in total. The van der Waals surface area contributed by atoms with E-state index in [1.165, 1.54) is 13.0 Å². The maximum Gasteiger partial charge on any atom is 0.296 e. The van der Waals surface area contributed by atoms with Gasteiger partial charge in [-0.05, 0) is 18.4 Å². The summed E-state index contributed by atoms with van der Waals surface area (Å²) in [5, 5.41) is 18.9. The van der Waals surface area contributed by atoms with Gasteiger partial charge >= 0.3 is 0 Å². The number of Topliss-reactive ketones (excluding diaryl/α,β-unsaturated/α-hetero) is 1. The summed E-state index contributed by atoms with van der Waals surface area (Å²) < 4.78 is 32.9. The van der Waals surface area contributed by atoms with Crippen LogP contribution in [0.2, 0.25) is 0 Å². The third kappa shape index (κ3) is 3.34. The summed E-state index contributed by atoms with van der Waals surface area (Å²) in [6.45, 7) is 3.04. The fourth-order valence-electron chi connectivity index (χ4n) is 2.43. The molecule has 0 bridgehead atoms. The zero-order valence-electron chi connectivity index (χ0n) is 13.7. The van der Waals surface area contributed by atoms with E-state index in [4.69, 9.17) is 0 Å². The number of hydrogen-bond donors (Lipinski definition) is 2. The molecule has 0 aliphatic heterocycles. The molecule has 0 saturated heterocycles. The van der Waals surface area contributed by atoms with E-state index in [1.54, 1.807) is 31.2 Å². The molecule has 3 aromatic rings. The SMILES string of the molecule is CC(=O)c1sc(N=Nc2c(S(=O)(=O)O)cc3ccccc3c2O)nc1C. The number of hydrogen-bond acceptors (Lipinski definition) is 8. The molecule has 0 atom stereocenters. The van der Waals surface area contributed by atoms with Gasteiger partial charge in [0.15, 0.2) is 11.5 Å². The highest BCUT2D eigenvalue weighted by molar-refractivity contribution is 7.86. The van der Waals surface area contributed by atoms with Gasteiger partial charge in [0.1, 0.15) is 10.6 Å². The van der Waals surface area contributed by atoms with Gasteiger partial charge in [0.25, 0.3) is 10.1 Å². The van der Waals surface area contributed by atoms with Crippen LogP contribution in [0.25, 0.3) is 10.8 Å². The molecule has 1 aromatic heterocycles. The van der Waals surface area contributed by atoms with E-state index < -0.39 is 26.5 Å². The van der Waals surface area contributed by atoms with Crippen LogP contribution in [0.1, 0.15) is 22.3 Å². The van der Waals surface area contributed by atoms with Crippen molar-refractivity contribution < 1.29 is 22.9 Å². The molecule has 0 aliphatic rings. The van der Waals surface area contributed by atoms with Crippen molar-refractivity contribution in [1.29, 1.82) is 0 Å². The first-order valence-electron chi connectivity index (χ1n) is 7.31. The predicted octanol–water partition coefficient (Wildman–Crippen LogP) is 4.18. The number of nitrogens with zero attached hydrogens (tertiary/aromatic N) is 3. The second kappa shape index (κ2) is 6.56. The topological polar surface area (TPSA) is 129 Å². The summed E-state index contributed by atoms with van der Waals surface area (Å²) in [6.07, 6.45) is 0. The maximum atomic E-state index is 11.7. The Morgan fingerprint density at radius 3 is 2.54 bits per heavy atom. The molecular weight excluding hydrogens is 378 g/mol. The van der Waals surface area contributed by atoms with Crippen molar-refractivity contribution in [1.82, 2.24) is 4.98 Å². The Balaban J connectivity index is 2.19. The van der Waals surface area contributed by atoms with Crippen molar-refractivity contribution in [3.63, 3.8) is 0 Å². The fourth-order valence-corrected chi connectivity index (χ4v) is 3.87. The van der Waals surface area contributed by atoms with Crippen LogP contribution in [0, 0.1) is 6.92 Å². The molecule has 0 fully saturated rings. The third-order valence-electron chi connectivity index (χ3n) is 3.58. The molecular formula is C16H13N3O5S2. The van der Waals surface area contributed by atoms with Gasteiger partial charge in [-0.3, -0.25) is 9.35 Å². The minimum atomic E-state index is -4.65. The number of aryl methyl sites for hydroxylation is 1. The number of carbonyl (C=O) groups is 1. The molecule has 10 heteroatoms. The second-order valence-corrected chi connectivity index (χ2v) is 7.80. The van der Waals surface area contributed by atoms with Crippen LogP contribution in [0.15, 0.2) is 45.5 Å². The van der Waals surface area contributed by atoms with Crippen LogP contribution < -0.4 is 0 Å². The van der Waals surface area contributed by atoms with Crippen molar-refractivity contribution in [3.8, 4) is 5.75 Å². The van der Waals surface area contributed by atoms with Gasteiger partial charge in [-0.2, -0.15) is 8.42 Å². The first-order valence-corrected chi connectivity index (χ1v) is 9.56. The monoisotopic (exact) mass is 391 g/mol. The van der Waals surface area contributed by atoms with Gasteiger partial charge in [-0.25, -0.2) is 4.98 Å². The van der Waals surface area contributed by atoms with E-state index in [2.05, 4.69) is 15.2 Å². The summed E-state index contributed by atoms with van der Waals surface area (Å²) in [6, 6.07) is 7.71. The van der Waals surface area contributed by atoms with Gasteiger partial charge in [0, 0.05) is 12.3 Å². The fraction of sp³-hybridized carbons (Fsp3) is 0.125. The van der Waals surface area contributed by atoms with Crippen LogP contribution in [-0.4, -0.2) is 28.8 Å². The molecule has 0 unspecified atom stereocenters. The lowest BCUT2D eigenvalue weighted by molar-refractivity contribution is 0.102. The van der Waals surface area contributed by atoms with Crippen LogP contribution in [0.5, 0.6) is 5.75 Å². The normalized spacial score (nSPS) is 12.1. The molecule has 0 saturated carbocycles. The van der Waals surface area contributed by atoms with Crippen molar-refractivity contribution in [3.05, 3.63) is 40.9 Å². The molecule has 134 valence electrons. The summed E-state index contributed by atoms with van der Waals surface area (Å²) in [5.74, 6) is -0.604. The first-order chi connectivity index (χ1) is 12.2. The van der Waals surface area contributed by atoms with Crippen molar-refractivity contribution >= 4 is 48.8 Å². The molecule has 0 spiro atoms. The van der Waals surface area contributed by atoms with E-state index in [1.807, 2.05) is 0 Å². The Morgan fingerprint density at radius 2 is 1.92 bits per heavy atom. The predicted molar refractivity (Wildman–Crippen MR) is 96.5 cm³/mol. The number of ketones is 1. The molecule has 0 amide bonds. The van der Waals surface area contributed by atoms with Gasteiger partial charge in [-0.1, -0.05) is 35.6 Å². The van der Waals surface area contributed by atoms with Crippen LogP contribution in [0.3, 0.4) is 0 Å². The van der Waals surface area contributed by atoms with Crippen molar-refractivity contribution in [2.45, 2.75) is 18.7 Å². The standard InChI is InChI=1S/C16H13N3O5S2/c1-8-15(9(2)20)25-16(17-8)19-18-13-12(26(22,23)24)7-10-5-3-4-6-11(10)14(13)21/h3-7,21H,1-2H3,(H,22,23,24). The Hall–Kier alpha value is -2.69. The molecule has 2 aromatic carbocycles.